The molecule has 1 atom stereocenters. The molecule has 1 heterocycles. The molecule has 0 saturated carbocycles. The molecule has 21 heavy (non-hydrogen) atoms. The second-order valence-corrected chi connectivity index (χ2v) is 5.15. The van der Waals surface area contributed by atoms with Gasteiger partial charge in [0.05, 0.1) is 25.5 Å². The third-order valence-corrected chi connectivity index (χ3v) is 3.72. The third-order valence-electron chi connectivity index (χ3n) is 3.72. The van der Waals surface area contributed by atoms with Crippen LogP contribution in [0.3, 0.4) is 0 Å². The van der Waals surface area contributed by atoms with Crippen molar-refractivity contribution in [2.24, 2.45) is 0 Å². The molecule has 1 N–H and O–H groups in total. The van der Waals surface area contributed by atoms with E-state index in [1.54, 1.807) is 13.3 Å². The summed E-state index contributed by atoms with van der Waals surface area (Å²) in [6.45, 7) is 2.82. The average molecular weight is 286 g/mol. The molecule has 0 bridgehead atoms. The van der Waals surface area contributed by atoms with Crippen LogP contribution < -0.4 is 4.74 Å². The lowest BCUT2D eigenvalue weighted by atomic mass is 10.1. The maximum Gasteiger partial charge on any atom is 0.118 e. The summed E-state index contributed by atoms with van der Waals surface area (Å²) in [5.41, 5.74) is 3.26. The summed E-state index contributed by atoms with van der Waals surface area (Å²) in [6.07, 6.45) is 1.80. The molecule has 0 aliphatic carbocycles. The van der Waals surface area contributed by atoms with Crippen molar-refractivity contribution >= 4 is 0 Å². The predicted octanol–water partition coefficient (Wildman–Crippen LogP) is 2.56. The molecule has 1 aromatic carbocycles. The Bertz CT molecular complexity index is 569. The molecule has 0 spiro atoms. The summed E-state index contributed by atoms with van der Waals surface area (Å²) in [5, 5.41) is 9.73. The fourth-order valence-corrected chi connectivity index (χ4v) is 2.36. The zero-order valence-electron chi connectivity index (χ0n) is 12.8. The number of hydrogen-bond acceptors (Lipinski definition) is 4. The van der Waals surface area contributed by atoms with E-state index in [4.69, 9.17) is 4.74 Å². The number of nitrogens with zero attached hydrogens (tertiary/aromatic N) is 2. The van der Waals surface area contributed by atoms with Gasteiger partial charge in [-0.1, -0.05) is 18.2 Å². The maximum atomic E-state index is 9.73. The van der Waals surface area contributed by atoms with E-state index < -0.39 is 0 Å². The molecule has 0 fully saturated rings. The van der Waals surface area contributed by atoms with Gasteiger partial charge in [0.25, 0.3) is 0 Å². The molecule has 0 radical (unpaired) electrons. The quantitative estimate of drug-likeness (QED) is 0.886. The van der Waals surface area contributed by atoms with Crippen molar-refractivity contribution in [2.45, 2.75) is 19.5 Å². The van der Waals surface area contributed by atoms with Gasteiger partial charge in [0.15, 0.2) is 0 Å². The Labute approximate surface area is 126 Å². The highest BCUT2D eigenvalue weighted by molar-refractivity contribution is 5.29. The van der Waals surface area contributed by atoms with Crippen LogP contribution in [0.15, 0.2) is 42.6 Å². The zero-order chi connectivity index (χ0) is 15.2. The lowest BCUT2D eigenvalue weighted by molar-refractivity contribution is 0.141. The second-order valence-electron chi connectivity index (χ2n) is 5.15. The van der Waals surface area contributed by atoms with Crippen LogP contribution in [-0.4, -0.2) is 35.8 Å². The molecule has 112 valence electrons. The van der Waals surface area contributed by atoms with Gasteiger partial charge in [0, 0.05) is 12.7 Å². The van der Waals surface area contributed by atoms with Gasteiger partial charge in [0.2, 0.25) is 0 Å². The summed E-state index contributed by atoms with van der Waals surface area (Å²) in [6, 6.07) is 11.7. The van der Waals surface area contributed by atoms with Gasteiger partial charge >= 0.3 is 0 Å². The maximum absolute atomic E-state index is 9.73. The third kappa shape index (κ3) is 3.80. The number of ether oxygens (including phenoxy) is 1. The number of aliphatic hydroxyl groups is 1. The molecular weight excluding hydrogens is 264 g/mol. The molecule has 4 heteroatoms. The fraction of sp³-hybridized carbons (Fsp3) is 0.353. The Balaban J connectivity index is 2.14. The monoisotopic (exact) mass is 286 g/mol. The van der Waals surface area contributed by atoms with Crippen LogP contribution in [0.5, 0.6) is 5.75 Å². The fourth-order valence-electron chi connectivity index (χ4n) is 2.36. The number of methoxy groups -OCH3 is 1. The Morgan fingerprint density at radius 3 is 2.52 bits per heavy atom. The van der Waals surface area contributed by atoms with E-state index in [0.29, 0.717) is 6.54 Å². The Kier molecular flexibility index (Phi) is 5.31. The first-order valence-electron chi connectivity index (χ1n) is 7.01. The first-order chi connectivity index (χ1) is 10.2. The van der Waals surface area contributed by atoms with E-state index in [-0.39, 0.29) is 12.6 Å². The van der Waals surface area contributed by atoms with Crippen molar-refractivity contribution in [3.63, 3.8) is 0 Å². The van der Waals surface area contributed by atoms with Crippen LogP contribution in [0, 0.1) is 6.92 Å². The molecule has 2 aromatic rings. The number of aliphatic hydroxyl groups excluding tert-OH is 1. The number of aryl methyl sites for hydroxylation is 1. The first kappa shape index (κ1) is 15.5. The molecule has 0 amide bonds. The van der Waals surface area contributed by atoms with Crippen LogP contribution in [0.2, 0.25) is 0 Å². The van der Waals surface area contributed by atoms with Crippen molar-refractivity contribution < 1.29 is 9.84 Å². The minimum atomic E-state index is -0.0580. The highest BCUT2D eigenvalue weighted by Gasteiger charge is 2.17. The normalized spacial score (nSPS) is 12.4. The Hall–Kier alpha value is -1.91. The van der Waals surface area contributed by atoms with E-state index >= 15 is 0 Å². The summed E-state index contributed by atoms with van der Waals surface area (Å²) < 4.78 is 5.17. The Morgan fingerprint density at radius 1 is 1.24 bits per heavy atom. The van der Waals surface area contributed by atoms with Gasteiger partial charge < -0.3 is 9.84 Å². The molecule has 0 aliphatic rings. The topological polar surface area (TPSA) is 45.6 Å². The summed E-state index contributed by atoms with van der Waals surface area (Å²) in [5.74, 6) is 0.818. The van der Waals surface area contributed by atoms with Crippen LogP contribution in [0.4, 0.5) is 0 Å². The van der Waals surface area contributed by atoms with E-state index in [1.807, 2.05) is 37.4 Å². The minimum Gasteiger partial charge on any atom is -0.497 e. The standard InChI is InChI=1S/C17H22N2O2/c1-13-5-4-10-18-16(13)11-19(2)17(12-20)14-6-8-15(21-3)9-7-14/h4-10,17,20H,11-12H2,1-3H3. The molecular formula is C17H22N2O2. The molecule has 2 rings (SSSR count). The van der Waals surface area contributed by atoms with Gasteiger partial charge in [-0.15, -0.1) is 0 Å². The minimum absolute atomic E-state index is 0.0580. The van der Waals surface area contributed by atoms with E-state index in [2.05, 4.69) is 22.9 Å². The number of pyridine rings is 1. The molecule has 0 aliphatic heterocycles. The first-order valence-corrected chi connectivity index (χ1v) is 7.01. The van der Waals surface area contributed by atoms with Gasteiger partial charge in [-0.05, 0) is 43.3 Å². The average Bonchev–Trinajstić information content (AvgIpc) is 2.51. The molecule has 1 unspecified atom stereocenters. The van der Waals surface area contributed by atoms with Crippen molar-refractivity contribution in [3.05, 3.63) is 59.4 Å². The highest BCUT2D eigenvalue weighted by Crippen LogP contribution is 2.23. The van der Waals surface area contributed by atoms with E-state index in [1.165, 1.54) is 0 Å². The van der Waals surface area contributed by atoms with Gasteiger partial charge in [-0.3, -0.25) is 9.88 Å². The molecule has 1 aromatic heterocycles. The van der Waals surface area contributed by atoms with Crippen LogP contribution >= 0.6 is 0 Å². The van der Waals surface area contributed by atoms with Gasteiger partial charge in [-0.25, -0.2) is 0 Å². The second kappa shape index (κ2) is 7.20. The molecule has 4 nitrogen and oxygen atoms in total. The lowest BCUT2D eigenvalue weighted by Gasteiger charge is -2.27. The number of benzene rings is 1. The number of aromatic nitrogens is 1. The lowest BCUT2D eigenvalue weighted by Crippen LogP contribution is -2.27. The summed E-state index contributed by atoms with van der Waals surface area (Å²) in [4.78, 5) is 6.52. The molecule has 0 saturated heterocycles. The smallest absolute Gasteiger partial charge is 0.118 e. The van der Waals surface area contributed by atoms with Crippen LogP contribution in [0.1, 0.15) is 22.9 Å². The summed E-state index contributed by atoms with van der Waals surface area (Å²) >= 11 is 0. The highest BCUT2D eigenvalue weighted by atomic mass is 16.5. The van der Waals surface area contributed by atoms with E-state index in [9.17, 15) is 5.11 Å². The Morgan fingerprint density at radius 2 is 1.95 bits per heavy atom. The van der Waals surface area contributed by atoms with Crippen molar-refractivity contribution in [2.75, 3.05) is 20.8 Å². The SMILES string of the molecule is COc1ccc(C(CO)N(C)Cc2ncccc2C)cc1. The van der Waals surface area contributed by atoms with E-state index in [0.717, 1.165) is 22.6 Å². The number of likely N-dealkylation sites (N-methyl/N-ethyl adjacent to an activating group) is 1. The number of hydrogen-bond donors (Lipinski definition) is 1. The predicted molar refractivity (Wildman–Crippen MR) is 83.3 cm³/mol. The van der Waals surface area contributed by atoms with Crippen molar-refractivity contribution in [3.8, 4) is 5.75 Å². The van der Waals surface area contributed by atoms with Crippen molar-refractivity contribution in [1.82, 2.24) is 9.88 Å². The zero-order valence-corrected chi connectivity index (χ0v) is 12.8. The van der Waals surface area contributed by atoms with Crippen LogP contribution in [0.25, 0.3) is 0 Å². The van der Waals surface area contributed by atoms with Crippen LogP contribution in [-0.2, 0) is 6.54 Å². The van der Waals surface area contributed by atoms with Gasteiger partial charge in [0.1, 0.15) is 5.75 Å². The largest absolute Gasteiger partial charge is 0.497 e. The van der Waals surface area contributed by atoms with Crippen molar-refractivity contribution in [1.29, 1.82) is 0 Å². The van der Waals surface area contributed by atoms with Gasteiger partial charge in [-0.2, -0.15) is 0 Å². The summed E-state index contributed by atoms with van der Waals surface area (Å²) in [7, 11) is 3.65. The number of rotatable bonds is 6.